The number of aliphatic hydroxyl groups excluding tert-OH is 1. The second-order valence-corrected chi connectivity index (χ2v) is 3.06. The van der Waals surface area contributed by atoms with Crippen molar-refractivity contribution in [1.29, 1.82) is 0 Å². The van der Waals surface area contributed by atoms with Gasteiger partial charge in [0.15, 0.2) is 0 Å². The van der Waals surface area contributed by atoms with Gasteiger partial charge in [-0.3, -0.25) is 0 Å². The van der Waals surface area contributed by atoms with E-state index in [2.05, 4.69) is 24.7 Å². The topological polar surface area (TPSA) is 20.2 Å². The molecular formula is C12H18O. The van der Waals surface area contributed by atoms with Gasteiger partial charge in [0.1, 0.15) is 6.11 Å². The minimum Gasteiger partial charge on any atom is -0.461 e. The molecule has 0 radical (unpaired) electrons. The molecule has 1 heteroatoms. The molecule has 0 unspecified atom stereocenters. The maximum atomic E-state index is 8.10. The Labute approximate surface area is 81.5 Å². The monoisotopic (exact) mass is 178 g/mol. The normalized spacial score (nSPS) is 8.08. The lowest BCUT2D eigenvalue weighted by Gasteiger charge is -1.96. The van der Waals surface area contributed by atoms with Gasteiger partial charge in [0.2, 0.25) is 0 Å². The Kier molecular flexibility index (Phi) is 10.0. The highest BCUT2D eigenvalue weighted by Crippen LogP contribution is 2.05. The SMILES string of the molecule is CCCCCCCCC#CC#CO. The minimum absolute atomic E-state index is 0.904. The molecule has 0 fully saturated rings. The van der Waals surface area contributed by atoms with Gasteiger partial charge in [0.25, 0.3) is 0 Å². The van der Waals surface area contributed by atoms with Crippen LogP contribution in [0.2, 0.25) is 0 Å². The first-order chi connectivity index (χ1) is 6.41. The van der Waals surface area contributed by atoms with Crippen molar-refractivity contribution >= 4 is 0 Å². The van der Waals surface area contributed by atoms with Crippen LogP contribution in [0, 0.1) is 23.9 Å². The second kappa shape index (κ2) is 10.9. The van der Waals surface area contributed by atoms with Gasteiger partial charge in [-0.25, -0.2) is 0 Å². The van der Waals surface area contributed by atoms with Crippen molar-refractivity contribution in [2.45, 2.75) is 51.9 Å². The predicted molar refractivity (Wildman–Crippen MR) is 55.5 cm³/mol. The van der Waals surface area contributed by atoms with Crippen molar-refractivity contribution < 1.29 is 5.11 Å². The third-order valence-corrected chi connectivity index (χ3v) is 1.86. The fourth-order valence-electron chi connectivity index (χ4n) is 1.13. The molecule has 0 bridgehead atoms. The molecule has 0 saturated heterocycles. The van der Waals surface area contributed by atoms with E-state index < -0.39 is 0 Å². The van der Waals surface area contributed by atoms with Crippen LogP contribution >= 0.6 is 0 Å². The Morgan fingerprint density at radius 3 is 2.31 bits per heavy atom. The van der Waals surface area contributed by atoms with Gasteiger partial charge >= 0.3 is 0 Å². The van der Waals surface area contributed by atoms with Crippen LogP contribution in [0.3, 0.4) is 0 Å². The molecule has 1 nitrogen and oxygen atoms in total. The summed E-state index contributed by atoms with van der Waals surface area (Å²) < 4.78 is 0. The molecule has 0 aromatic heterocycles. The maximum absolute atomic E-state index is 8.10. The summed E-state index contributed by atoms with van der Waals surface area (Å²) in [4.78, 5) is 0. The fraction of sp³-hybridized carbons (Fsp3) is 0.667. The fourth-order valence-corrected chi connectivity index (χ4v) is 1.13. The van der Waals surface area contributed by atoms with E-state index in [9.17, 15) is 0 Å². The first-order valence-corrected chi connectivity index (χ1v) is 5.03. The zero-order valence-corrected chi connectivity index (χ0v) is 8.40. The van der Waals surface area contributed by atoms with Crippen LogP contribution in [-0.4, -0.2) is 5.11 Å². The van der Waals surface area contributed by atoms with E-state index in [0.717, 1.165) is 12.8 Å². The zero-order valence-electron chi connectivity index (χ0n) is 8.40. The quantitative estimate of drug-likeness (QED) is 0.489. The van der Waals surface area contributed by atoms with Crippen molar-refractivity contribution in [3.8, 4) is 23.9 Å². The smallest absolute Gasteiger partial charge is 0.122 e. The van der Waals surface area contributed by atoms with Gasteiger partial charge in [-0.2, -0.15) is 0 Å². The van der Waals surface area contributed by atoms with Gasteiger partial charge in [0.05, 0.1) is 0 Å². The Balaban J connectivity index is 3.08. The summed E-state index contributed by atoms with van der Waals surface area (Å²) in [6.07, 6.45) is 10.4. The highest BCUT2D eigenvalue weighted by Gasteiger charge is 1.87. The van der Waals surface area contributed by atoms with Crippen LogP contribution < -0.4 is 0 Å². The largest absolute Gasteiger partial charge is 0.461 e. The standard InChI is InChI=1S/C12H18O/c1-2-3-4-5-6-7-8-9-10-11-12-13/h13H,2-8H2,1H3. The van der Waals surface area contributed by atoms with Crippen LogP contribution in [0.15, 0.2) is 0 Å². The number of hydrogen-bond acceptors (Lipinski definition) is 1. The average molecular weight is 178 g/mol. The Bertz CT molecular complexity index is 209. The highest BCUT2D eigenvalue weighted by molar-refractivity contribution is 5.23. The van der Waals surface area contributed by atoms with Crippen LogP contribution in [0.5, 0.6) is 0 Å². The van der Waals surface area contributed by atoms with Crippen LogP contribution in [0.25, 0.3) is 0 Å². The summed E-state index contributed by atoms with van der Waals surface area (Å²) in [6.45, 7) is 2.22. The first kappa shape index (κ1) is 11.9. The van der Waals surface area contributed by atoms with Crippen LogP contribution in [-0.2, 0) is 0 Å². The van der Waals surface area contributed by atoms with E-state index in [1.807, 2.05) is 0 Å². The molecule has 0 aliphatic rings. The third-order valence-electron chi connectivity index (χ3n) is 1.86. The Morgan fingerprint density at radius 2 is 1.62 bits per heavy atom. The molecule has 1 N–H and O–H groups in total. The van der Waals surface area contributed by atoms with E-state index in [4.69, 9.17) is 5.11 Å². The average Bonchev–Trinajstić information content (AvgIpc) is 2.16. The van der Waals surface area contributed by atoms with E-state index in [1.165, 1.54) is 32.1 Å². The molecule has 0 aliphatic heterocycles. The lowest BCUT2D eigenvalue weighted by molar-refractivity contribution is 0.517. The number of aliphatic hydroxyl groups is 1. The van der Waals surface area contributed by atoms with Gasteiger partial charge in [0, 0.05) is 12.3 Å². The summed E-state index contributed by atoms with van der Waals surface area (Å²) in [5, 5.41) is 8.10. The molecule has 0 heterocycles. The number of hydrogen-bond donors (Lipinski definition) is 1. The highest BCUT2D eigenvalue weighted by atomic mass is 16.2. The molecule has 0 saturated carbocycles. The summed E-state index contributed by atoms with van der Waals surface area (Å²) in [5.41, 5.74) is 0. The number of rotatable bonds is 6. The molecule has 0 aliphatic carbocycles. The third kappa shape index (κ3) is 10.9. The second-order valence-electron chi connectivity index (χ2n) is 3.06. The summed E-state index contributed by atoms with van der Waals surface area (Å²) in [7, 11) is 0. The van der Waals surface area contributed by atoms with E-state index in [0.29, 0.717) is 0 Å². The van der Waals surface area contributed by atoms with Gasteiger partial charge < -0.3 is 5.11 Å². The van der Waals surface area contributed by atoms with Crippen LogP contribution in [0.4, 0.5) is 0 Å². The Hall–Kier alpha value is -1.08. The molecule has 72 valence electrons. The first-order valence-electron chi connectivity index (χ1n) is 5.03. The van der Waals surface area contributed by atoms with E-state index in [1.54, 1.807) is 6.11 Å². The lowest BCUT2D eigenvalue weighted by Crippen LogP contribution is -1.77. The molecule has 0 amide bonds. The van der Waals surface area contributed by atoms with Crippen molar-refractivity contribution in [3.05, 3.63) is 0 Å². The van der Waals surface area contributed by atoms with Crippen molar-refractivity contribution in [3.63, 3.8) is 0 Å². The minimum atomic E-state index is 0.904. The van der Waals surface area contributed by atoms with Gasteiger partial charge in [-0.15, -0.1) is 0 Å². The van der Waals surface area contributed by atoms with Crippen molar-refractivity contribution in [1.82, 2.24) is 0 Å². The molecule has 0 rings (SSSR count). The molecule has 0 aromatic carbocycles. The zero-order chi connectivity index (χ0) is 9.78. The maximum Gasteiger partial charge on any atom is 0.122 e. The molecule has 0 aromatic rings. The molecule has 0 spiro atoms. The van der Waals surface area contributed by atoms with Gasteiger partial charge in [-0.1, -0.05) is 44.9 Å². The molecular weight excluding hydrogens is 160 g/mol. The van der Waals surface area contributed by atoms with Crippen LogP contribution in [0.1, 0.15) is 51.9 Å². The molecule has 13 heavy (non-hydrogen) atoms. The summed E-state index contributed by atoms with van der Waals surface area (Å²) in [6, 6.07) is 0. The molecule has 0 atom stereocenters. The van der Waals surface area contributed by atoms with E-state index >= 15 is 0 Å². The summed E-state index contributed by atoms with van der Waals surface area (Å²) >= 11 is 0. The van der Waals surface area contributed by atoms with E-state index in [-0.39, 0.29) is 0 Å². The predicted octanol–water partition coefficient (Wildman–Crippen LogP) is 3.07. The van der Waals surface area contributed by atoms with Crippen molar-refractivity contribution in [2.75, 3.05) is 0 Å². The Morgan fingerprint density at radius 1 is 0.923 bits per heavy atom. The van der Waals surface area contributed by atoms with Gasteiger partial charge in [-0.05, 0) is 12.3 Å². The lowest BCUT2D eigenvalue weighted by atomic mass is 10.1. The number of unbranched alkanes of at least 4 members (excludes halogenated alkanes) is 6. The summed E-state index contributed by atoms with van der Waals surface area (Å²) in [5.74, 6) is 7.77. The van der Waals surface area contributed by atoms with Crippen molar-refractivity contribution in [2.24, 2.45) is 0 Å².